The largest absolute Gasteiger partial charge is 0.496 e. The summed E-state index contributed by atoms with van der Waals surface area (Å²) >= 11 is 0. The van der Waals surface area contributed by atoms with E-state index in [0.717, 1.165) is 12.8 Å². The van der Waals surface area contributed by atoms with Gasteiger partial charge in [0, 0.05) is 12.7 Å². The van der Waals surface area contributed by atoms with Crippen LogP contribution in [0.1, 0.15) is 40.5 Å². The zero-order valence-corrected chi connectivity index (χ0v) is 17.4. The predicted octanol–water partition coefficient (Wildman–Crippen LogP) is 2.56. The number of nitrogens with zero attached hydrogens (tertiary/aromatic N) is 5. The molecule has 1 aliphatic heterocycles. The number of ketones is 1. The molecular formula is C22H23N5O4. The number of amides is 1. The van der Waals surface area contributed by atoms with Crippen LogP contribution in [0.2, 0.25) is 0 Å². The van der Waals surface area contributed by atoms with Crippen LogP contribution < -0.4 is 9.47 Å². The van der Waals surface area contributed by atoms with Gasteiger partial charge in [-0.3, -0.25) is 9.59 Å². The van der Waals surface area contributed by atoms with Crippen molar-refractivity contribution in [2.75, 3.05) is 20.2 Å². The second kappa shape index (κ2) is 8.95. The van der Waals surface area contributed by atoms with Crippen molar-refractivity contribution in [1.82, 2.24) is 24.9 Å². The minimum atomic E-state index is -0.287. The van der Waals surface area contributed by atoms with Crippen molar-refractivity contribution in [1.29, 1.82) is 0 Å². The highest BCUT2D eigenvalue weighted by Gasteiger charge is 2.29. The molecule has 3 aromatic rings. The maximum atomic E-state index is 13.3. The molecule has 1 unspecified atom stereocenters. The molecule has 2 aromatic heterocycles. The number of ether oxygens (including phenoxy) is 2. The Morgan fingerprint density at radius 3 is 2.61 bits per heavy atom. The molecule has 4 rings (SSSR count). The van der Waals surface area contributed by atoms with Gasteiger partial charge >= 0.3 is 0 Å². The van der Waals surface area contributed by atoms with E-state index in [9.17, 15) is 9.59 Å². The van der Waals surface area contributed by atoms with Crippen LogP contribution in [-0.4, -0.2) is 62.9 Å². The van der Waals surface area contributed by atoms with Gasteiger partial charge in [-0.15, -0.1) is 0 Å². The van der Waals surface area contributed by atoms with Crippen molar-refractivity contribution in [3.8, 4) is 17.3 Å². The number of piperidine rings is 1. The average Bonchev–Trinajstić information content (AvgIpc) is 3.33. The fraction of sp³-hybridized carbons (Fsp3) is 0.318. The summed E-state index contributed by atoms with van der Waals surface area (Å²) in [6.07, 6.45) is 5.92. The molecule has 0 bridgehead atoms. The number of Topliss-reactive ketones (excluding diaryl/α,β-unsaturated/α-hetero) is 1. The number of carbonyl (C=O) groups excluding carboxylic acids is 2. The van der Waals surface area contributed by atoms with E-state index < -0.39 is 0 Å². The number of hydrogen-bond donors (Lipinski definition) is 0. The summed E-state index contributed by atoms with van der Waals surface area (Å²) < 4.78 is 11.4. The van der Waals surface area contributed by atoms with Gasteiger partial charge in [-0.1, -0.05) is 12.1 Å². The molecule has 0 spiro atoms. The van der Waals surface area contributed by atoms with Crippen LogP contribution in [0.15, 0.2) is 48.9 Å². The molecule has 1 aliphatic rings. The molecule has 0 aliphatic carbocycles. The van der Waals surface area contributed by atoms with E-state index in [1.807, 2.05) is 18.2 Å². The first kappa shape index (κ1) is 20.5. The van der Waals surface area contributed by atoms with Crippen LogP contribution >= 0.6 is 0 Å². The molecule has 3 heterocycles. The Bertz CT molecular complexity index is 1080. The number of methoxy groups -OCH3 is 1. The average molecular weight is 421 g/mol. The maximum Gasteiger partial charge on any atom is 0.256 e. The van der Waals surface area contributed by atoms with E-state index in [0.29, 0.717) is 35.7 Å². The summed E-state index contributed by atoms with van der Waals surface area (Å²) in [5.74, 6) is 0.338. The number of pyridine rings is 1. The van der Waals surface area contributed by atoms with Gasteiger partial charge in [-0.2, -0.15) is 15.0 Å². The van der Waals surface area contributed by atoms with E-state index in [-0.39, 0.29) is 23.7 Å². The quantitative estimate of drug-likeness (QED) is 0.564. The normalized spacial score (nSPS) is 16.1. The van der Waals surface area contributed by atoms with Crippen molar-refractivity contribution < 1.29 is 19.1 Å². The van der Waals surface area contributed by atoms with E-state index in [1.54, 1.807) is 35.6 Å². The topological polar surface area (TPSA) is 99.4 Å². The second-order valence-electron chi connectivity index (χ2n) is 7.22. The number of benzene rings is 1. The summed E-state index contributed by atoms with van der Waals surface area (Å²) in [7, 11) is 1.50. The monoisotopic (exact) mass is 421 g/mol. The highest BCUT2D eigenvalue weighted by molar-refractivity contribution is 5.99. The molecule has 1 aromatic carbocycles. The summed E-state index contributed by atoms with van der Waals surface area (Å²) in [6, 6.07) is 8.86. The van der Waals surface area contributed by atoms with Crippen molar-refractivity contribution in [2.24, 2.45) is 0 Å². The third-order valence-electron chi connectivity index (χ3n) is 5.16. The zero-order chi connectivity index (χ0) is 21.8. The molecule has 1 amide bonds. The van der Waals surface area contributed by atoms with E-state index in [1.165, 1.54) is 18.8 Å². The van der Waals surface area contributed by atoms with Gasteiger partial charge in [-0.25, -0.2) is 4.98 Å². The Morgan fingerprint density at radius 2 is 1.87 bits per heavy atom. The third-order valence-corrected chi connectivity index (χ3v) is 5.16. The Hall–Kier alpha value is -3.75. The second-order valence-corrected chi connectivity index (χ2v) is 7.22. The van der Waals surface area contributed by atoms with E-state index >= 15 is 0 Å². The van der Waals surface area contributed by atoms with Gasteiger partial charge in [0.15, 0.2) is 5.78 Å². The standard InChI is InChI=1S/C22H23N5O4/c1-15(28)20-19(30-2)9-10-23-21(20)31-16-6-5-13-26(14-16)22(29)17-7-3-4-8-18(17)27-24-11-12-25-27/h3-4,7-12,16H,5-6,13-14H2,1-2H3. The first-order valence-electron chi connectivity index (χ1n) is 10.0. The lowest BCUT2D eigenvalue weighted by Crippen LogP contribution is -2.44. The van der Waals surface area contributed by atoms with Gasteiger partial charge in [0.1, 0.15) is 17.4 Å². The van der Waals surface area contributed by atoms with Crippen molar-refractivity contribution in [3.05, 3.63) is 60.0 Å². The molecule has 0 saturated carbocycles. The SMILES string of the molecule is COc1ccnc(OC2CCCN(C(=O)c3ccccc3-n3nccn3)C2)c1C(C)=O. The first-order valence-corrected chi connectivity index (χ1v) is 10.0. The van der Waals surface area contributed by atoms with E-state index in [4.69, 9.17) is 9.47 Å². The van der Waals surface area contributed by atoms with Gasteiger partial charge in [0.2, 0.25) is 5.88 Å². The fourth-order valence-corrected chi connectivity index (χ4v) is 3.73. The molecule has 9 heteroatoms. The van der Waals surface area contributed by atoms with Gasteiger partial charge in [-0.05, 0) is 38.0 Å². The van der Waals surface area contributed by atoms with Crippen LogP contribution in [0, 0.1) is 0 Å². The Balaban J connectivity index is 1.54. The molecule has 9 nitrogen and oxygen atoms in total. The molecule has 160 valence electrons. The van der Waals surface area contributed by atoms with Gasteiger partial charge < -0.3 is 14.4 Å². The highest BCUT2D eigenvalue weighted by Crippen LogP contribution is 2.29. The Labute approximate surface area is 179 Å². The maximum absolute atomic E-state index is 13.3. The lowest BCUT2D eigenvalue weighted by atomic mass is 10.1. The Morgan fingerprint density at radius 1 is 1.10 bits per heavy atom. The zero-order valence-electron chi connectivity index (χ0n) is 17.4. The van der Waals surface area contributed by atoms with Crippen molar-refractivity contribution >= 4 is 11.7 Å². The molecule has 1 atom stereocenters. The number of aromatic nitrogens is 4. The predicted molar refractivity (Wildman–Crippen MR) is 112 cm³/mol. The molecule has 31 heavy (non-hydrogen) atoms. The summed E-state index contributed by atoms with van der Waals surface area (Å²) in [5, 5.41) is 8.29. The van der Waals surface area contributed by atoms with Crippen molar-refractivity contribution in [2.45, 2.75) is 25.9 Å². The minimum absolute atomic E-state index is 0.119. The number of carbonyl (C=O) groups is 2. The molecule has 1 fully saturated rings. The van der Waals surface area contributed by atoms with Crippen LogP contribution in [0.3, 0.4) is 0 Å². The van der Waals surface area contributed by atoms with Crippen LogP contribution in [0.4, 0.5) is 0 Å². The van der Waals surface area contributed by atoms with Crippen LogP contribution in [0.5, 0.6) is 11.6 Å². The highest BCUT2D eigenvalue weighted by atomic mass is 16.5. The van der Waals surface area contributed by atoms with Gasteiger partial charge in [0.05, 0.1) is 37.3 Å². The van der Waals surface area contributed by atoms with Crippen molar-refractivity contribution in [3.63, 3.8) is 0 Å². The first-order chi connectivity index (χ1) is 15.1. The summed E-state index contributed by atoms with van der Waals surface area (Å²) in [4.78, 5) is 32.8. The summed E-state index contributed by atoms with van der Waals surface area (Å²) in [6.45, 7) is 2.45. The lowest BCUT2D eigenvalue weighted by molar-refractivity contribution is 0.0522. The summed E-state index contributed by atoms with van der Waals surface area (Å²) in [5.41, 5.74) is 1.45. The van der Waals surface area contributed by atoms with Crippen LogP contribution in [-0.2, 0) is 0 Å². The molecule has 1 saturated heterocycles. The smallest absolute Gasteiger partial charge is 0.256 e. The molecular weight excluding hydrogens is 398 g/mol. The van der Waals surface area contributed by atoms with Gasteiger partial charge in [0.25, 0.3) is 5.91 Å². The molecule has 0 N–H and O–H groups in total. The lowest BCUT2D eigenvalue weighted by Gasteiger charge is -2.33. The fourth-order valence-electron chi connectivity index (χ4n) is 3.73. The van der Waals surface area contributed by atoms with E-state index in [2.05, 4.69) is 15.2 Å². The number of likely N-dealkylation sites (tertiary alicyclic amines) is 1. The number of para-hydroxylation sites is 1. The Kier molecular flexibility index (Phi) is 5.92. The molecule has 0 radical (unpaired) electrons. The minimum Gasteiger partial charge on any atom is -0.496 e. The number of rotatable bonds is 6. The third kappa shape index (κ3) is 4.25. The van der Waals surface area contributed by atoms with Crippen LogP contribution in [0.25, 0.3) is 5.69 Å². The number of hydrogen-bond acceptors (Lipinski definition) is 7.